The number of aryl methyl sites for hydroxylation is 1. The minimum atomic E-state index is -0.00241. The van der Waals surface area contributed by atoms with E-state index < -0.39 is 0 Å². The average Bonchev–Trinajstić information content (AvgIpc) is 2.98. The molecule has 1 saturated heterocycles. The molecule has 3 rings (SSSR count). The van der Waals surface area contributed by atoms with Crippen molar-refractivity contribution < 1.29 is 4.79 Å². The molecule has 18 heavy (non-hydrogen) atoms. The van der Waals surface area contributed by atoms with Gasteiger partial charge in [-0.25, -0.2) is 0 Å². The van der Waals surface area contributed by atoms with E-state index in [1.54, 1.807) is 0 Å². The standard InChI is InChI=1S/C14H17N3O/c1-9-11-4-2-3-5-12(11)17-13(9)14(18)16-10-6-7-15-8-10/h2-5,10,15,17H,6-8H2,1H3,(H,16,18)/t10-/m0/s1. The minimum Gasteiger partial charge on any atom is -0.350 e. The topological polar surface area (TPSA) is 56.9 Å². The smallest absolute Gasteiger partial charge is 0.268 e. The van der Waals surface area contributed by atoms with Crippen LogP contribution in [0.1, 0.15) is 22.5 Å². The maximum absolute atomic E-state index is 12.2. The molecular formula is C14H17N3O. The molecule has 0 aliphatic carbocycles. The lowest BCUT2D eigenvalue weighted by molar-refractivity contribution is 0.0935. The maximum Gasteiger partial charge on any atom is 0.268 e. The van der Waals surface area contributed by atoms with Crippen molar-refractivity contribution in [2.75, 3.05) is 13.1 Å². The third-order valence-corrected chi connectivity index (χ3v) is 3.59. The number of carbonyl (C=O) groups excluding carboxylic acids is 1. The van der Waals surface area contributed by atoms with Gasteiger partial charge < -0.3 is 15.6 Å². The molecule has 1 aromatic heterocycles. The van der Waals surface area contributed by atoms with E-state index in [0.717, 1.165) is 36.0 Å². The van der Waals surface area contributed by atoms with E-state index in [2.05, 4.69) is 15.6 Å². The molecular weight excluding hydrogens is 226 g/mol. The van der Waals surface area contributed by atoms with E-state index in [9.17, 15) is 4.79 Å². The summed E-state index contributed by atoms with van der Waals surface area (Å²) in [5, 5.41) is 7.43. The first-order valence-electron chi connectivity index (χ1n) is 6.34. The number of carbonyl (C=O) groups is 1. The molecule has 94 valence electrons. The van der Waals surface area contributed by atoms with Crippen LogP contribution in [0, 0.1) is 6.92 Å². The van der Waals surface area contributed by atoms with Crippen LogP contribution in [-0.2, 0) is 0 Å². The van der Waals surface area contributed by atoms with Gasteiger partial charge in [0.1, 0.15) is 5.69 Å². The first-order chi connectivity index (χ1) is 8.75. The largest absolute Gasteiger partial charge is 0.350 e. The maximum atomic E-state index is 12.2. The fraction of sp³-hybridized carbons (Fsp3) is 0.357. The van der Waals surface area contributed by atoms with Gasteiger partial charge in [0.15, 0.2) is 0 Å². The van der Waals surface area contributed by atoms with E-state index in [1.807, 2.05) is 31.2 Å². The molecule has 0 saturated carbocycles. The van der Waals surface area contributed by atoms with Crippen molar-refractivity contribution in [1.82, 2.24) is 15.6 Å². The lowest BCUT2D eigenvalue weighted by atomic mass is 10.1. The molecule has 0 radical (unpaired) electrons. The summed E-state index contributed by atoms with van der Waals surface area (Å²) in [6.45, 7) is 3.84. The van der Waals surface area contributed by atoms with E-state index >= 15 is 0 Å². The molecule has 0 spiro atoms. The Bertz CT molecular complexity index is 582. The Labute approximate surface area is 106 Å². The van der Waals surface area contributed by atoms with Gasteiger partial charge >= 0.3 is 0 Å². The number of amides is 1. The number of para-hydroxylation sites is 1. The quantitative estimate of drug-likeness (QED) is 0.750. The summed E-state index contributed by atoms with van der Waals surface area (Å²) in [6.07, 6.45) is 1.00. The number of H-pyrrole nitrogens is 1. The van der Waals surface area contributed by atoms with Gasteiger partial charge in [-0.1, -0.05) is 18.2 Å². The molecule has 1 atom stereocenters. The number of nitrogens with one attached hydrogen (secondary N) is 3. The van der Waals surface area contributed by atoms with E-state index in [4.69, 9.17) is 0 Å². The zero-order chi connectivity index (χ0) is 12.5. The molecule has 3 N–H and O–H groups in total. The zero-order valence-electron chi connectivity index (χ0n) is 10.4. The summed E-state index contributed by atoms with van der Waals surface area (Å²) < 4.78 is 0. The lowest BCUT2D eigenvalue weighted by Gasteiger charge is -2.10. The lowest BCUT2D eigenvalue weighted by Crippen LogP contribution is -2.36. The van der Waals surface area contributed by atoms with Crippen LogP contribution in [0.2, 0.25) is 0 Å². The van der Waals surface area contributed by atoms with Gasteiger partial charge in [0.05, 0.1) is 0 Å². The Kier molecular flexibility index (Phi) is 2.80. The van der Waals surface area contributed by atoms with Crippen molar-refractivity contribution >= 4 is 16.8 Å². The van der Waals surface area contributed by atoms with E-state index in [1.165, 1.54) is 0 Å². The minimum absolute atomic E-state index is 0.00241. The number of rotatable bonds is 2. The third-order valence-electron chi connectivity index (χ3n) is 3.59. The highest BCUT2D eigenvalue weighted by Gasteiger charge is 2.20. The van der Waals surface area contributed by atoms with Crippen LogP contribution in [0.5, 0.6) is 0 Å². The van der Waals surface area contributed by atoms with Gasteiger partial charge in [0, 0.05) is 23.5 Å². The van der Waals surface area contributed by atoms with Crippen molar-refractivity contribution in [2.24, 2.45) is 0 Å². The second kappa shape index (κ2) is 4.46. The van der Waals surface area contributed by atoms with Crippen molar-refractivity contribution in [2.45, 2.75) is 19.4 Å². The van der Waals surface area contributed by atoms with Crippen molar-refractivity contribution in [3.8, 4) is 0 Å². The van der Waals surface area contributed by atoms with Gasteiger partial charge in [-0.2, -0.15) is 0 Å². The molecule has 1 aliphatic heterocycles. The number of fused-ring (bicyclic) bond motifs is 1. The monoisotopic (exact) mass is 243 g/mol. The van der Waals surface area contributed by atoms with Crippen LogP contribution in [0.3, 0.4) is 0 Å². The Hall–Kier alpha value is -1.81. The average molecular weight is 243 g/mol. The van der Waals surface area contributed by atoms with Crippen LogP contribution >= 0.6 is 0 Å². The second-order valence-electron chi connectivity index (χ2n) is 4.83. The predicted octanol–water partition coefficient (Wildman–Crippen LogP) is 1.57. The molecule has 1 aromatic carbocycles. The fourth-order valence-electron chi connectivity index (χ4n) is 2.54. The zero-order valence-corrected chi connectivity index (χ0v) is 10.4. The Morgan fingerprint density at radius 3 is 2.94 bits per heavy atom. The fourth-order valence-corrected chi connectivity index (χ4v) is 2.54. The second-order valence-corrected chi connectivity index (χ2v) is 4.83. The summed E-state index contributed by atoms with van der Waals surface area (Å²) in [6, 6.07) is 8.25. The first kappa shape index (κ1) is 11.3. The predicted molar refractivity (Wildman–Crippen MR) is 71.8 cm³/mol. The Morgan fingerprint density at radius 2 is 2.22 bits per heavy atom. The highest BCUT2D eigenvalue weighted by atomic mass is 16.2. The molecule has 0 unspecified atom stereocenters. The molecule has 0 bridgehead atoms. The van der Waals surface area contributed by atoms with Gasteiger partial charge in [-0.15, -0.1) is 0 Å². The molecule has 1 amide bonds. The number of benzene rings is 1. The summed E-state index contributed by atoms with van der Waals surface area (Å²) in [7, 11) is 0. The number of hydrogen-bond donors (Lipinski definition) is 3. The first-order valence-corrected chi connectivity index (χ1v) is 6.34. The molecule has 4 nitrogen and oxygen atoms in total. The summed E-state index contributed by atoms with van der Waals surface area (Å²) in [5.74, 6) is -0.00241. The number of aromatic amines is 1. The molecule has 1 aliphatic rings. The highest BCUT2D eigenvalue weighted by molar-refractivity contribution is 6.00. The molecule has 4 heteroatoms. The molecule has 2 aromatic rings. The van der Waals surface area contributed by atoms with Crippen LogP contribution < -0.4 is 10.6 Å². The van der Waals surface area contributed by atoms with Crippen LogP contribution in [-0.4, -0.2) is 30.0 Å². The van der Waals surface area contributed by atoms with E-state index in [-0.39, 0.29) is 11.9 Å². The van der Waals surface area contributed by atoms with Gasteiger partial charge in [0.25, 0.3) is 5.91 Å². The van der Waals surface area contributed by atoms with Crippen LogP contribution in [0.4, 0.5) is 0 Å². The normalized spacial score (nSPS) is 19.3. The highest BCUT2D eigenvalue weighted by Crippen LogP contribution is 2.21. The number of hydrogen-bond acceptors (Lipinski definition) is 2. The van der Waals surface area contributed by atoms with Crippen molar-refractivity contribution in [3.05, 3.63) is 35.5 Å². The van der Waals surface area contributed by atoms with E-state index in [0.29, 0.717) is 5.69 Å². The summed E-state index contributed by atoms with van der Waals surface area (Å²) >= 11 is 0. The van der Waals surface area contributed by atoms with Crippen LogP contribution in [0.25, 0.3) is 10.9 Å². The summed E-state index contributed by atoms with van der Waals surface area (Å²) in [5.41, 5.74) is 2.72. The summed E-state index contributed by atoms with van der Waals surface area (Å²) in [4.78, 5) is 15.4. The van der Waals surface area contributed by atoms with Gasteiger partial charge in [-0.05, 0) is 31.5 Å². The number of aromatic nitrogens is 1. The SMILES string of the molecule is Cc1c(C(=O)N[C@H]2CCNC2)[nH]c2ccccc12. The Balaban J connectivity index is 1.88. The molecule has 1 fully saturated rings. The molecule has 2 heterocycles. The van der Waals surface area contributed by atoms with Gasteiger partial charge in [0.2, 0.25) is 0 Å². The van der Waals surface area contributed by atoms with Crippen molar-refractivity contribution in [1.29, 1.82) is 0 Å². The Morgan fingerprint density at radius 1 is 1.39 bits per heavy atom. The van der Waals surface area contributed by atoms with Crippen molar-refractivity contribution in [3.63, 3.8) is 0 Å². The third kappa shape index (κ3) is 1.88. The van der Waals surface area contributed by atoms with Gasteiger partial charge in [-0.3, -0.25) is 4.79 Å². The van der Waals surface area contributed by atoms with Crippen LogP contribution in [0.15, 0.2) is 24.3 Å².